The molecule has 0 radical (unpaired) electrons. The van der Waals surface area contributed by atoms with Crippen molar-refractivity contribution in [3.8, 4) is 5.75 Å². The van der Waals surface area contributed by atoms with Gasteiger partial charge in [0.2, 0.25) is 5.91 Å². The maximum absolute atomic E-state index is 11.9. The topological polar surface area (TPSA) is 44.8 Å². The van der Waals surface area contributed by atoms with Crippen LogP contribution in [0.3, 0.4) is 0 Å². The number of nitrogens with one attached hydrogen (secondary N) is 1. The van der Waals surface area contributed by atoms with Gasteiger partial charge in [-0.05, 0) is 66.9 Å². The predicted octanol–water partition coefficient (Wildman–Crippen LogP) is 4.94. The Morgan fingerprint density at radius 1 is 1.03 bits per heavy atom. The van der Waals surface area contributed by atoms with Crippen LogP contribution in [0, 0.1) is 5.92 Å². The fourth-order valence-corrected chi connectivity index (χ4v) is 6.01. The molecule has 3 heterocycles. The van der Waals surface area contributed by atoms with Gasteiger partial charge in [-0.15, -0.1) is 11.3 Å². The molecule has 6 heteroatoms. The van der Waals surface area contributed by atoms with Crippen molar-refractivity contribution in [1.82, 2.24) is 4.90 Å². The molecular weight excluding hydrogens is 418 g/mol. The van der Waals surface area contributed by atoms with Gasteiger partial charge in [-0.3, -0.25) is 9.69 Å². The molecule has 2 atom stereocenters. The van der Waals surface area contributed by atoms with Crippen molar-refractivity contribution in [3.05, 3.63) is 53.4 Å². The van der Waals surface area contributed by atoms with Gasteiger partial charge in [0.15, 0.2) is 0 Å². The number of rotatable bonds is 7. The molecule has 2 fully saturated rings. The minimum atomic E-state index is 0.173. The first kappa shape index (κ1) is 20.1. The van der Waals surface area contributed by atoms with Crippen LogP contribution in [-0.2, 0) is 4.79 Å². The fraction of sp³-hybridized carbons (Fsp3) is 0.423. The average Bonchev–Trinajstić information content (AvgIpc) is 3.49. The molecule has 1 saturated carbocycles. The fourth-order valence-electron chi connectivity index (χ4n) is 5.20. The van der Waals surface area contributed by atoms with Gasteiger partial charge in [-0.25, -0.2) is 0 Å². The van der Waals surface area contributed by atoms with Gasteiger partial charge < -0.3 is 15.0 Å². The normalized spacial score (nSPS) is 22.4. The Morgan fingerprint density at radius 3 is 2.84 bits per heavy atom. The van der Waals surface area contributed by atoms with Gasteiger partial charge in [0.1, 0.15) is 5.75 Å². The van der Waals surface area contributed by atoms with E-state index in [1.54, 1.807) is 0 Å². The predicted molar refractivity (Wildman–Crippen MR) is 131 cm³/mol. The molecule has 0 spiro atoms. The van der Waals surface area contributed by atoms with Crippen LogP contribution >= 0.6 is 11.3 Å². The summed E-state index contributed by atoms with van der Waals surface area (Å²) in [7, 11) is 0. The molecule has 2 aliphatic heterocycles. The standard InChI is InChI=1S/C26H29N3O2S/c30-26-22-17-21(22)19-7-6-18(16-23(19)27-26)31-14-2-1-9-28-10-12-29(13-11-28)24-4-3-5-25-20(24)8-15-32-25/h3-8,15-16,21-22H,1-2,9-14,17H2,(H,27,30)/t21-,22-/m0/s1. The summed E-state index contributed by atoms with van der Waals surface area (Å²) < 4.78 is 7.35. The lowest BCUT2D eigenvalue weighted by Gasteiger charge is -2.36. The van der Waals surface area contributed by atoms with Crippen LogP contribution in [0.5, 0.6) is 5.75 Å². The summed E-state index contributed by atoms with van der Waals surface area (Å²) in [4.78, 5) is 17.1. The van der Waals surface area contributed by atoms with E-state index in [0.717, 1.165) is 70.0 Å². The lowest BCUT2D eigenvalue weighted by Crippen LogP contribution is -2.46. The van der Waals surface area contributed by atoms with E-state index >= 15 is 0 Å². The second kappa shape index (κ2) is 8.41. The summed E-state index contributed by atoms with van der Waals surface area (Å²) in [5.41, 5.74) is 3.61. The SMILES string of the molecule is O=C1Nc2cc(OCCCCN3CCN(c4cccc5sccc45)CC3)ccc2[C@@H]2C[C@H]12. The first-order valence-corrected chi connectivity index (χ1v) is 12.7. The molecule has 32 heavy (non-hydrogen) atoms. The maximum atomic E-state index is 11.9. The molecule has 3 aromatic rings. The van der Waals surface area contributed by atoms with Crippen molar-refractivity contribution in [2.45, 2.75) is 25.2 Å². The number of anilines is 2. The lowest BCUT2D eigenvalue weighted by molar-refractivity contribution is -0.117. The van der Waals surface area contributed by atoms with Gasteiger partial charge in [-0.2, -0.15) is 0 Å². The highest BCUT2D eigenvalue weighted by Gasteiger charge is 2.48. The highest BCUT2D eigenvalue weighted by Crippen LogP contribution is 2.53. The lowest BCUT2D eigenvalue weighted by atomic mass is 10.0. The average molecular weight is 448 g/mol. The van der Waals surface area contributed by atoms with Gasteiger partial charge >= 0.3 is 0 Å². The summed E-state index contributed by atoms with van der Waals surface area (Å²) in [6.07, 6.45) is 3.19. The summed E-state index contributed by atoms with van der Waals surface area (Å²) in [5, 5.41) is 6.61. The van der Waals surface area contributed by atoms with Crippen LogP contribution in [0.25, 0.3) is 10.1 Å². The Kier molecular flexibility index (Phi) is 5.27. The van der Waals surface area contributed by atoms with Crippen LogP contribution in [0.1, 0.15) is 30.7 Å². The van der Waals surface area contributed by atoms with Crippen LogP contribution in [-0.4, -0.2) is 50.1 Å². The van der Waals surface area contributed by atoms with Crippen molar-refractivity contribution in [3.63, 3.8) is 0 Å². The van der Waals surface area contributed by atoms with Gasteiger partial charge in [0.05, 0.1) is 6.61 Å². The zero-order valence-electron chi connectivity index (χ0n) is 18.3. The Labute approximate surface area is 193 Å². The molecular formula is C26H29N3O2S. The second-order valence-electron chi connectivity index (χ2n) is 9.18. The number of amides is 1. The van der Waals surface area contributed by atoms with Crippen LogP contribution in [0.2, 0.25) is 0 Å². The van der Waals surface area contributed by atoms with E-state index < -0.39 is 0 Å². The van der Waals surface area contributed by atoms with Crippen molar-refractivity contribution in [2.24, 2.45) is 5.92 Å². The second-order valence-corrected chi connectivity index (χ2v) is 10.1. The minimum Gasteiger partial charge on any atom is -0.494 e. The third-order valence-corrected chi connectivity index (χ3v) is 8.01. The van der Waals surface area contributed by atoms with Gasteiger partial charge in [0.25, 0.3) is 0 Å². The number of piperazine rings is 1. The highest BCUT2D eigenvalue weighted by atomic mass is 32.1. The van der Waals surface area contributed by atoms with E-state index in [-0.39, 0.29) is 11.8 Å². The van der Waals surface area contributed by atoms with Crippen LogP contribution < -0.4 is 15.0 Å². The number of hydrogen-bond donors (Lipinski definition) is 1. The Bertz CT molecular complexity index is 1140. The number of unbranched alkanes of at least 4 members (excludes halogenated alkanes) is 1. The molecule has 1 aromatic heterocycles. The Hall–Kier alpha value is -2.57. The number of benzene rings is 2. The minimum absolute atomic E-state index is 0.173. The zero-order chi connectivity index (χ0) is 21.5. The van der Waals surface area contributed by atoms with E-state index in [1.165, 1.54) is 21.3 Å². The van der Waals surface area contributed by atoms with Gasteiger partial charge in [-0.1, -0.05) is 12.1 Å². The molecule has 2 aromatic carbocycles. The summed E-state index contributed by atoms with van der Waals surface area (Å²) >= 11 is 1.82. The van der Waals surface area contributed by atoms with E-state index in [4.69, 9.17) is 4.74 Å². The number of thiophene rings is 1. The quantitative estimate of drug-likeness (QED) is 0.521. The molecule has 1 aliphatic carbocycles. The zero-order valence-corrected chi connectivity index (χ0v) is 19.1. The molecule has 1 amide bonds. The van der Waals surface area contributed by atoms with Crippen LogP contribution in [0.4, 0.5) is 11.4 Å². The number of carbonyl (C=O) groups excluding carboxylic acids is 1. The molecule has 5 nitrogen and oxygen atoms in total. The van der Waals surface area contributed by atoms with Crippen molar-refractivity contribution in [2.75, 3.05) is 49.5 Å². The molecule has 6 rings (SSSR count). The van der Waals surface area contributed by atoms with E-state index in [2.05, 4.69) is 56.9 Å². The summed E-state index contributed by atoms with van der Waals surface area (Å²) in [6, 6.07) is 15.1. The number of hydrogen-bond acceptors (Lipinski definition) is 5. The van der Waals surface area contributed by atoms with Crippen LogP contribution in [0.15, 0.2) is 47.8 Å². The molecule has 1 N–H and O–H groups in total. The molecule has 0 bridgehead atoms. The maximum Gasteiger partial charge on any atom is 0.228 e. The van der Waals surface area contributed by atoms with Crippen molar-refractivity contribution >= 4 is 38.7 Å². The molecule has 3 aliphatic rings. The largest absolute Gasteiger partial charge is 0.494 e. The highest BCUT2D eigenvalue weighted by molar-refractivity contribution is 7.17. The summed E-state index contributed by atoms with van der Waals surface area (Å²) in [6.45, 7) is 6.27. The van der Waals surface area contributed by atoms with Crippen molar-refractivity contribution < 1.29 is 9.53 Å². The molecule has 166 valence electrons. The molecule has 1 saturated heterocycles. The summed E-state index contributed by atoms with van der Waals surface area (Å²) in [5.74, 6) is 1.68. The third kappa shape index (κ3) is 3.86. The first-order valence-electron chi connectivity index (χ1n) is 11.8. The van der Waals surface area contributed by atoms with E-state index in [0.29, 0.717) is 5.92 Å². The third-order valence-electron chi connectivity index (χ3n) is 7.13. The monoisotopic (exact) mass is 447 g/mol. The number of carbonyl (C=O) groups is 1. The number of fused-ring (bicyclic) bond motifs is 4. The van der Waals surface area contributed by atoms with Crippen molar-refractivity contribution in [1.29, 1.82) is 0 Å². The van der Waals surface area contributed by atoms with Gasteiger partial charge in [0, 0.05) is 59.6 Å². The Balaban J connectivity index is 0.936. The number of nitrogens with zero attached hydrogens (tertiary/aromatic N) is 2. The Morgan fingerprint density at radius 2 is 1.94 bits per heavy atom. The smallest absolute Gasteiger partial charge is 0.228 e. The first-order chi connectivity index (χ1) is 15.8. The number of ether oxygens (including phenoxy) is 1. The molecule has 0 unspecified atom stereocenters. The van der Waals surface area contributed by atoms with E-state index in [1.807, 2.05) is 17.4 Å². The van der Waals surface area contributed by atoms with E-state index in [9.17, 15) is 4.79 Å².